The van der Waals surface area contributed by atoms with E-state index in [4.69, 9.17) is 9.47 Å². The maximum absolute atomic E-state index is 10.1. The standard InChI is InChI=1S/C29H31NO4/c1-19-12-13-30(18-19)14-15-33-25-9-6-21(7-10-25)29-28(22-4-3-5-23(31)16-22)20(2)26-17-24(32)8-11-27(26)34-29/h3-11,16-17,19,29,31-32H,12-15,18H2,1-2H3/t19-,29+/m1/s1. The van der Waals surface area contributed by atoms with Gasteiger partial charge in [-0.15, -0.1) is 0 Å². The topological polar surface area (TPSA) is 62.2 Å². The van der Waals surface area contributed by atoms with Gasteiger partial charge in [0.25, 0.3) is 0 Å². The van der Waals surface area contributed by atoms with Gasteiger partial charge in [0.2, 0.25) is 0 Å². The van der Waals surface area contributed by atoms with Crippen molar-refractivity contribution < 1.29 is 19.7 Å². The van der Waals surface area contributed by atoms with Crippen molar-refractivity contribution in [1.29, 1.82) is 0 Å². The molecule has 5 heteroatoms. The number of nitrogens with zero attached hydrogens (tertiary/aromatic N) is 1. The van der Waals surface area contributed by atoms with E-state index in [1.165, 1.54) is 6.42 Å². The number of phenolic OH excluding ortho intramolecular Hbond substituents is 2. The molecule has 0 aliphatic carbocycles. The zero-order valence-corrected chi connectivity index (χ0v) is 19.7. The van der Waals surface area contributed by atoms with Gasteiger partial charge < -0.3 is 19.7 Å². The Balaban J connectivity index is 1.40. The highest BCUT2D eigenvalue weighted by Crippen LogP contribution is 2.47. The van der Waals surface area contributed by atoms with E-state index in [0.29, 0.717) is 6.61 Å². The summed E-state index contributed by atoms with van der Waals surface area (Å²) in [5.41, 5.74) is 4.71. The minimum atomic E-state index is -0.348. The van der Waals surface area contributed by atoms with Gasteiger partial charge in [0, 0.05) is 24.2 Å². The van der Waals surface area contributed by atoms with Crippen LogP contribution in [-0.2, 0) is 0 Å². The van der Waals surface area contributed by atoms with Crippen molar-refractivity contribution in [2.45, 2.75) is 26.4 Å². The van der Waals surface area contributed by atoms with Crippen molar-refractivity contribution in [3.8, 4) is 23.0 Å². The predicted octanol–water partition coefficient (Wildman–Crippen LogP) is 5.88. The van der Waals surface area contributed by atoms with Gasteiger partial charge in [0.05, 0.1) is 0 Å². The molecule has 0 unspecified atom stereocenters. The third-order valence-corrected chi connectivity index (χ3v) is 6.80. The van der Waals surface area contributed by atoms with Crippen LogP contribution in [0.2, 0.25) is 0 Å². The second-order valence-corrected chi connectivity index (χ2v) is 9.38. The number of aromatic hydroxyl groups is 2. The molecule has 1 fully saturated rings. The summed E-state index contributed by atoms with van der Waals surface area (Å²) in [7, 11) is 0. The Morgan fingerprint density at radius 1 is 1.00 bits per heavy atom. The molecule has 2 N–H and O–H groups in total. The Morgan fingerprint density at radius 3 is 2.53 bits per heavy atom. The fourth-order valence-corrected chi connectivity index (χ4v) is 4.98. The van der Waals surface area contributed by atoms with Gasteiger partial charge in [0.1, 0.15) is 35.7 Å². The minimum Gasteiger partial charge on any atom is -0.508 e. The van der Waals surface area contributed by atoms with E-state index in [0.717, 1.165) is 64.9 Å². The summed E-state index contributed by atoms with van der Waals surface area (Å²) >= 11 is 0. The average molecular weight is 458 g/mol. The van der Waals surface area contributed by atoms with Crippen LogP contribution in [0, 0.1) is 5.92 Å². The molecule has 5 rings (SSSR count). The molecule has 34 heavy (non-hydrogen) atoms. The van der Waals surface area contributed by atoms with E-state index in [2.05, 4.69) is 11.8 Å². The molecule has 0 amide bonds. The molecular weight excluding hydrogens is 426 g/mol. The van der Waals surface area contributed by atoms with E-state index < -0.39 is 0 Å². The number of allylic oxidation sites excluding steroid dienone is 1. The fourth-order valence-electron chi connectivity index (χ4n) is 4.98. The van der Waals surface area contributed by atoms with Crippen LogP contribution < -0.4 is 9.47 Å². The first-order chi connectivity index (χ1) is 16.5. The first-order valence-electron chi connectivity index (χ1n) is 11.9. The maximum atomic E-state index is 10.1. The first kappa shape index (κ1) is 22.4. The van der Waals surface area contributed by atoms with Crippen LogP contribution in [0.25, 0.3) is 11.1 Å². The van der Waals surface area contributed by atoms with Gasteiger partial charge >= 0.3 is 0 Å². The molecule has 2 aliphatic heterocycles. The number of hydrogen-bond donors (Lipinski definition) is 2. The van der Waals surface area contributed by atoms with E-state index in [1.54, 1.807) is 30.3 Å². The third kappa shape index (κ3) is 4.62. The minimum absolute atomic E-state index is 0.195. The quantitative estimate of drug-likeness (QED) is 0.484. The Labute approximate surface area is 200 Å². The molecule has 176 valence electrons. The van der Waals surface area contributed by atoms with Gasteiger partial charge in [-0.25, -0.2) is 0 Å². The summed E-state index contributed by atoms with van der Waals surface area (Å²) in [6.07, 6.45) is 0.923. The summed E-state index contributed by atoms with van der Waals surface area (Å²) in [5, 5.41) is 20.2. The van der Waals surface area contributed by atoms with Crippen molar-refractivity contribution in [2.75, 3.05) is 26.2 Å². The lowest BCUT2D eigenvalue weighted by atomic mass is 9.86. The zero-order chi connectivity index (χ0) is 23.7. The van der Waals surface area contributed by atoms with Gasteiger partial charge in [-0.1, -0.05) is 31.2 Å². The maximum Gasteiger partial charge on any atom is 0.150 e. The van der Waals surface area contributed by atoms with Crippen LogP contribution in [-0.4, -0.2) is 41.4 Å². The number of fused-ring (bicyclic) bond motifs is 1. The second-order valence-electron chi connectivity index (χ2n) is 9.38. The van der Waals surface area contributed by atoms with E-state index >= 15 is 0 Å². The molecule has 1 saturated heterocycles. The zero-order valence-electron chi connectivity index (χ0n) is 19.7. The van der Waals surface area contributed by atoms with Crippen molar-refractivity contribution in [2.24, 2.45) is 5.92 Å². The lowest BCUT2D eigenvalue weighted by Crippen LogP contribution is -2.25. The lowest BCUT2D eigenvalue weighted by Gasteiger charge is -2.31. The molecule has 3 aromatic carbocycles. The number of ether oxygens (including phenoxy) is 2. The summed E-state index contributed by atoms with van der Waals surface area (Å²) < 4.78 is 12.5. The molecule has 2 aliphatic rings. The number of benzene rings is 3. The Bertz CT molecular complexity index is 1200. The molecule has 5 nitrogen and oxygen atoms in total. The van der Waals surface area contributed by atoms with Crippen LogP contribution >= 0.6 is 0 Å². The number of hydrogen-bond acceptors (Lipinski definition) is 5. The number of phenols is 2. The normalized spacial score (nSPS) is 20.2. The highest BCUT2D eigenvalue weighted by Gasteiger charge is 2.29. The summed E-state index contributed by atoms with van der Waals surface area (Å²) in [6.45, 7) is 8.27. The van der Waals surface area contributed by atoms with Crippen LogP contribution in [0.15, 0.2) is 66.7 Å². The Hall–Kier alpha value is -3.44. The van der Waals surface area contributed by atoms with Gasteiger partial charge in [-0.05, 0) is 85.0 Å². The van der Waals surface area contributed by atoms with Crippen molar-refractivity contribution >= 4 is 11.1 Å². The van der Waals surface area contributed by atoms with Crippen molar-refractivity contribution in [1.82, 2.24) is 4.90 Å². The smallest absolute Gasteiger partial charge is 0.150 e. The molecule has 2 heterocycles. The van der Waals surface area contributed by atoms with E-state index in [1.807, 2.05) is 43.3 Å². The summed E-state index contributed by atoms with van der Waals surface area (Å²) in [5.74, 6) is 2.75. The molecule has 0 aromatic heterocycles. The Morgan fingerprint density at radius 2 is 1.79 bits per heavy atom. The summed E-state index contributed by atoms with van der Waals surface area (Å²) in [4.78, 5) is 2.46. The van der Waals surface area contributed by atoms with Crippen LogP contribution in [0.4, 0.5) is 0 Å². The monoisotopic (exact) mass is 457 g/mol. The van der Waals surface area contributed by atoms with Crippen LogP contribution in [0.1, 0.15) is 43.1 Å². The SMILES string of the molecule is CC1=C(c2cccc(O)c2)[C@H](c2ccc(OCCN3CC[C@@H](C)C3)cc2)Oc2ccc(O)cc21. The number of rotatable bonds is 6. The second kappa shape index (κ2) is 9.43. The highest BCUT2D eigenvalue weighted by atomic mass is 16.5. The lowest BCUT2D eigenvalue weighted by molar-refractivity contribution is 0.233. The van der Waals surface area contributed by atoms with Crippen molar-refractivity contribution in [3.05, 3.63) is 83.4 Å². The van der Waals surface area contributed by atoms with E-state index in [9.17, 15) is 10.2 Å². The highest BCUT2D eigenvalue weighted by molar-refractivity contribution is 5.95. The fraction of sp³-hybridized carbons (Fsp3) is 0.310. The molecule has 3 aromatic rings. The largest absolute Gasteiger partial charge is 0.508 e. The molecule has 2 atom stereocenters. The van der Waals surface area contributed by atoms with Gasteiger partial charge in [-0.2, -0.15) is 0 Å². The molecular formula is C29H31NO4. The average Bonchev–Trinajstić information content (AvgIpc) is 3.25. The third-order valence-electron chi connectivity index (χ3n) is 6.80. The van der Waals surface area contributed by atoms with Crippen LogP contribution in [0.5, 0.6) is 23.0 Å². The molecule has 0 radical (unpaired) electrons. The van der Waals surface area contributed by atoms with Gasteiger partial charge in [0.15, 0.2) is 0 Å². The first-order valence-corrected chi connectivity index (χ1v) is 11.9. The predicted molar refractivity (Wildman–Crippen MR) is 134 cm³/mol. The Kier molecular flexibility index (Phi) is 6.20. The molecule has 0 spiro atoms. The van der Waals surface area contributed by atoms with Gasteiger partial charge in [-0.3, -0.25) is 4.90 Å². The van der Waals surface area contributed by atoms with E-state index in [-0.39, 0.29) is 17.6 Å². The van der Waals surface area contributed by atoms with Crippen LogP contribution in [0.3, 0.4) is 0 Å². The van der Waals surface area contributed by atoms with Crippen molar-refractivity contribution in [3.63, 3.8) is 0 Å². The molecule has 0 bridgehead atoms. The molecule has 0 saturated carbocycles. The number of likely N-dealkylation sites (tertiary alicyclic amines) is 1. The summed E-state index contributed by atoms with van der Waals surface area (Å²) in [6, 6.07) is 20.4.